The van der Waals surface area contributed by atoms with Crippen molar-refractivity contribution in [2.75, 3.05) is 27.9 Å². The van der Waals surface area contributed by atoms with E-state index in [0.717, 1.165) is 24.0 Å². The van der Waals surface area contributed by atoms with Gasteiger partial charge in [0.15, 0.2) is 23.0 Å². The maximum absolute atomic E-state index is 13.0. The first kappa shape index (κ1) is 21.8. The third-order valence-electron chi connectivity index (χ3n) is 5.99. The molecular weight excluding hydrogens is 384 g/mol. The van der Waals surface area contributed by atoms with E-state index < -0.39 is 5.41 Å². The minimum absolute atomic E-state index is 0.0304. The Bertz CT molecular complexity index is 893. The fourth-order valence-corrected chi connectivity index (χ4v) is 4.45. The number of phenols is 1. The molecule has 2 aromatic rings. The summed E-state index contributed by atoms with van der Waals surface area (Å²) in [4.78, 5) is 13.0. The number of carbonyl (C=O) groups excluding carboxylic acids is 1. The quantitative estimate of drug-likeness (QED) is 0.621. The average Bonchev–Trinajstić information content (AvgIpc) is 3.04. The minimum Gasteiger partial charge on any atom is -0.504 e. The zero-order valence-electron chi connectivity index (χ0n) is 18.1. The van der Waals surface area contributed by atoms with Crippen molar-refractivity contribution in [2.45, 2.75) is 32.6 Å². The van der Waals surface area contributed by atoms with Gasteiger partial charge in [0.25, 0.3) is 0 Å². The second-order valence-corrected chi connectivity index (χ2v) is 7.78. The van der Waals surface area contributed by atoms with Crippen molar-refractivity contribution in [2.24, 2.45) is 11.3 Å². The molecule has 0 bridgehead atoms. The van der Waals surface area contributed by atoms with E-state index in [4.69, 9.17) is 18.9 Å². The normalized spacial score (nSPS) is 20.7. The Hall–Kier alpha value is -2.89. The van der Waals surface area contributed by atoms with E-state index in [1.807, 2.05) is 24.3 Å². The highest BCUT2D eigenvalue weighted by atomic mass is 16.5. The topological polar surface area (TPSA) is 74.2 Å². The van der Waals surface area contributed by atoms with Crippen molar-refractivity contribution < 1.29 is 28.8 Å². The Morgan fingerprint density at radius 1 is 1.00 bits per heavy atom. The predicted molar refractivity (Wildman–Crippen MR) is 113 cm³/mol. The Labute approximate surface area is 177 Å². The molecular formula is C24H30O6. The van der Waals surface area contributed by atoms with E-state index in [0.29, 0.717) is 36.7 Å². The summed E-state index contributed by atoms with van der Waals surface area (Å²) in [6, 6.07) is 11.1. The van der Waals surface area contributed by atoms with E-state index in [1.165, 1.54) is 7.11 Å². The standard InChI is InChI=1S/C24H30O6/c1-5-10-24(14-17-6-8-19(25)21(13-17)28-3)18(15-30-23(24)26)11-16-7-9-20(27-2)22(12-16)29-4/h6-9,12-13,18,25H,5,10-11,14-15H2,1-4H3/t18-,24-/m0/s1. The summed E-state index contributed by atoms with van der Waals surface area (Å²) in [5, 5.41) is 9.92. The fourth-order valence-electron chi connectivity index (χ4n) is 4.45. The number of esters is 1. The summed E-state index contributed by atoms with van der Waals surface area (Å²) in [6.07, 6.45) is 2.83. The largest absolute Gasteiger partial charge is 0.504 e. The number of carbonyl (C=O) groups is 1. The van der Waals surface area contributed by atoms with Crippen molar-refractivity contribution in [1.29, 1.82) is 0 Å². The number of cyclic esters (lactones) is 1. The van der Waals surface area contributed by atoms with Gasteiger partial charge in [-0.1, -0.05) is 25.5 Å². The van der Waals surface area contributed by atoms with Crippen molar-refractivity contribution in [3.8, 4) is 23.0 Å². The molecule has 1 saturated heterocycles. The number of rotatable bonds is 9. The number of methoxy groups -OCH3 is 3. The lowest BCUT2D eigenvalue weighted by molar-refractivity contribution is -0.147. The van der Waals surface area contributed by atoms with E-state index >= 15 is 0 Å². The van der Waals surface area contributed by atoms with E-state index in [2.05, 4.69) is 6.92 Å². The van der Waals surface area contributed by atoms with Crippen LogP contribution in [0.15, 0.2) is 36.4 Å². The molecule has 2 aromatic carbocycles. The van der Waals surface area contributed by atoms with Gasteiger partial charge in [0.2, 0.25) is 0 Å². The molecule has 1 fully saturated rings. The SMILES string of the molecule is CCC[C@@]1(Cc2ccc(O)c(OC)c2)C(=O)OC[C@@H]1Cc1ccc(OC)c(OC)c1. The second kappa shape index (κ2) is 9.28. The average molecular weight is 414 g/mol. The van der Waals surface area contributed by atoms with Gasteiger partial charge in [-0.05, 0) is 54.7 Å². The molecule has 1 aliphatic heterocycles. The van der Waals surface area contributed by atoms with Gasteiger partial charge >= 0.3 is 5.97 Å². The molecule has 162 valence electrons. The van der Waals surface area contributed by atoms with Gasteiger partial charge < -0.3 is 24.1 Å². The van der Waals surface area contributed by atoms with Gasteiger partial charge in [0.05, 0.1) is 33.4 Å². The summed E-state index contributed by atoms with van der Waals surface area (Å²) in [6.45, 7) is 2.47. The van der Waals surface area contributed by atoms with Crippen molar-refractivity contribution in [1.82, 2.24) is 0 Å². The van der Waals surface area contributed by atoms with Crippen LogP contribution in [0.4, 0.5) is 0 Å². The van der Waals surface area contributed by atoms with Crippen LogP contribution in [0.25, 0.3) is 0 Å². The van der Waals surface area contributed by atoms with Crippen molar-refractivity contribution >= 4 is 5.97 Å². The van der Waals surface area contributed by atoms with E-state index in [9.17, 15) is 9.90 Å². The van der Waals surface area contributed by atoms with Gasteiger partial charge in [-0.15, -0.1) is 0 Å². The molecule has 1 N–H and O–H groups in total. The van der Waals surface area contributed by atoms with Gasteiger partial charge in [0, 0.05) is 5.92 Å². The third kappa shape index (κ3) is 4.18. The molecule has 0 spiro atoms. The van der Waals surface area contributed by atoms with E-state index in [1.54, 1.807) is 26.4 Å². The first-order valence-corrected chi connectivity index (χ1v) is 10.2. The van der Waals surface area contributed by atoms with Crippen molar-refractivity contribution in [3.05, 3.63) is 47.5 Å². The Balaban J connectivity index is 1.92. The predicted octanol–water partition coefficient (Wildman–Crippen LogP) is 4.16. The summed E-state index contributed by atoms with van der Waals surface area (Å²) >= 11 is 0. The summed E-state index contributed by atoms with van der Waals surface area (Å²) in [7, 11) is 4.74. The maximum Gasteiger partial charge on any atom is 0.312 e. The highest BCUT2D eigenvalue weighted by molar-refractivity contribution is 5.80. The summed E-state index contributed by atoms with van der Waals surface area (Å²) in [5.41, 5.74) is 1.39. The van der Waals surface area contributed by atoms with Crippen LogP contribution in [0.2, 0.25) is 0 Å². The minimum atomic E-state index is -0.621. The summed E-state index contributed by atoms with van der Waals surface area (Å²) in [5.74, 6) is 1.72. The fraction of sp³-hybridized carbons (Fsp3) is 0.458. The Kier molecular flexibility index (Phi) is 6.75. The number of aromatic hydroxyl groups is 1. The lowest BCUT2D eigenvalue weighted by atomic mass is 9.68. The number of ether oxygens (including phenoxy) is 4. The Morgan fingerprint density at radius 2 is 1.67 bits per heavy atom. The van der Waals surface area contributed by atoms with Gasteiger partial charge in [-0.3, -0.25) is 4.79 Å². The Morgan fingerprint density at radius 3 is 2.33 bits per heavy atom. The zero-order chi connectivity index (χ0) is 21.7. The number of hydrogen-bond acceptors (Lipinski definition) is 6. The van der Waals surface area contributed by atoms with Gasteiger partial charge in [-0.2, -0.15) is 0 Å². The smallest absolute Gasteiger partial charge is 0.312 e. The second-order valence-electron chi connectivity index (χ2n) is 7.78. The highest BCUT2D eigenvalue weighted by Gasteiger charge is 2.51. The molecule has 30 heavy (non-hydrogen) atoms. The molecule has 0 amide bonds. The highest BCUT2D eigenvalue weighted by Crippen LogP contribution is 2.45. The lowest BCUT2D eigenvalue weighted by Gasteiger charge is -2.31. The number of hydrogen-bond donors (Lipinski definition) is 1. The van der Waals surface area contributed by atoms with Gasteiger partial charge in [0.1, 0.15) is 0 Å². The monoisotopic (exact) mass is 414 g/mol. The molecule has 0 unspecified atom stereocenters. The van der Waals surface area contributed by atoms with Crippen LogP contribution < -0.4 is 14.2 Å². The third-order valence-corrected chi connectivity index (χ3v) is 5.99. The van der Waals surface area contributed by atoms with E-state index in [-0.39, 0.29) is 17.6 Å². The molecule has 1 heterocycles. The summed E-state index contributed by atoms with van der Waals surface area (Å²) < 4.78 is 21.6. The zero-order valence-corrected chi connectivity index (χ0v) is 18.1. The number of benzene rings is 2. The van der Waals surface area contributed by atoms with Crippen LogP contribution >= 0.6 is 0 Å². The molecule has 2 atom stereocenters. The molecule has 6 heteroatoms. The van der Waals surface area contributed by atoms with Crippen LogP contribution in [-0.2, 0) is 22.4 Å². The van der Waals surface area contributed by atoms with Crippen LogP contribution in [0.5, 0.6) is 23.0 Å². The van der Waals surface area contributed by atoms with Crippen LogP contribution in [0.3, 0.4) is 0 Å². The number of phenolic OH excluding ortho intramolecular Hbond substituents is 1. The molecule has 6 nitrogen and oxygen atoms in total. The maximum atomic E-state index is 13.0. The molecule has 0 aromatic heterocycles. The van der Waals surface area contributed by atoms with Crippen molar-refractivity contribution in [3.63, 3.8) is 0 Å². The van der Waals surface area contributed by atoms with Crippen LogP contribution in [0, 0.1) is 11.3 Å². The van der Waals surface area contributed by atoms with Crippen LogP contribution in [0.1, 0.15) is 30.9 Å². The van der Waals surface area contributed by atoms with Gasteiger partial charge in [-0.25, -0.2) is 0 Å². The molecule has 1 aliphatic rings. The molecule has 3 rings (SSSR count). The lowest BCUT2D eigenvalue weighted by Crippen LogP contribution is -2.36. The first-order chi connectivity index (χ1) is 14.5. The molecule has 0 saturated carbocycles. The molecule has 0 radical (unpaired) electrons. The first-order valence-electron chi connectivity index (χ1n) is 10.2. The van der Waals surface area contributed by atoms with Crippen LogP contribution in [-0.4, -0.2) is 39.0 Å². The molecule has 0 aliphatic carbocycles.